The van der Waals surface area contributed by atoms with E-state index in [0.717, 1.165) is 28.0 Å². The molecule has 4 rings (SSSR count). The van der Waals surface area contributed by atoms with Gasteiger partial charge in [0.1, 0.15) is 5.69 Å². The van der Waals surface area contributed by atoms with E-state index in [9.17, 15) is 4.79 Å². The molecule has 26 heavy (non-hydrogen) atoms. The molecule has 1 aliphatic rings. The summed E-state index contributed by atoms with van der Waals surface area (Å²) in [6.45, 7) is 2.82. The van der Waals surface area contributed by atoms with E-state index in [1.165, 1.54) is 0 Å². The fourth-order valence-electron chi connectivity index (χ4n) is 2.99. The number of furan rings is 1. The Morgan fingerprint density at radius 2 is 1.77 bits per heavy atom. The lowest BCUT2D eigenvalue weighted by Gasteiger charge is -2.35. The minimum Gasteiger partial charge on any atom is -0.463 e. The van der Waals surface area contributed by atoms with Gasteiger partial charge < -0.3 is 14.2 Å². The molecule has 1 fully saturated rings. The molecule has 7 heteroatoms. The summed E-state index contributed by atoms with van der Waals surface area (Å²) in [5.41, 5.74) is 1.48. The Balaban J connectivity index is 1.40. The van der Waals surface area contributed by atoms with Gasteiger partial charge in [-0.2, -0.15) is 0 Å². The third-order valence-corrected chi connectivity index (χ3v) is 5.36. The first-order valence-electron chi connectivity index (χ1n) is 8.39. The normalized spacial score (nSPS) is 14.5. The van der Waals surface area contributed by atoms with Crippen LogP contribution in [0.2, 0.25) is 0 Å². The Kier molecular flexibility index (Phi) is 4.87. The van der Waals surface area contributed by atoms with Crippen LogP contribution in [0.15, 0.2) is 59.2 Å². The Hall–Kier alpha value is -2.42. The van der Waals surface area contributed by atoms with Crippen LogP contribution >= 0.6 is 22.6 Å². The number of hydrogen-bond acceptors (Lipinski definition) is 5. The van der Waals surface area contributed by atoms with Gasteiger partial charge in [-0.1, -0.05) is 12.1 Å². The number of piperazine rings is 1. The molecule has 1 aliphatic heterocycles. The predicted octanol–water partition coefficient (Wildman–Crippen LogP) is 3.30. The summed E-state index contributed by atoms with van der Waals surface area (Å²) in [6, 6.07) is 15.2. The number of rotatable bonds is 3. The van der Waals surface area contributed by atoms with Crippen molar-refractivity contribution in [1.82, 2.24) is 15.1 Å². The zero-order chi connectivity index (χ0) is 17.9. The highest BCUT2D eigenvalue weighted by molar-refractivity contribution is 14.1. The molecule has 0 unspecified atom stereocenters. The van der Waals surface area contributed by atoms with E-state index >= 15 is 0 Å². The molecule has 0 bridgehead atoms. The van der Waals surface area contributed by atoms with Crippen LogP contribution in [0.3, 0.4) is 0 Å². The van der Waals surface area contributed by atoms with E-state index in [-0.39, 0.29) is 5.91 Å². The Morgan fingerprint density at radius 1 is 0.962 bits per heavy atom. The van der Waals surface area contributed by atoms with Crippen LogP contribution in [0, 0.1) is 3.57 Å². The maximum Gasteiger partial charge on any atom is 0.255 e. The monoisotopic (exact) mass is 460 g/mol. The maximum atomic E-state index is 12.7. The molecule has 1 aromatic carbocycles. The summed E-state index contributed by atoms with van der Waals surface area (Å²) < 4.78 is 6.32. The van der Waals surface area contributed by atoms with Crippen molar-refractivity contribution in [3.05, 3.63) is 63.9 Å². The molecule has 132 valence electrons. The predicted molar refractivity (Wildman–Crippen MR) is 107 cm³/mol. The van der Waals surface area contributed by atoms with Crippen LogP contribution in [-0.2, 0) is 0 Å². The van der Waals surface area contributed by atoms with E-state index in [0.29, 0.717) is 24.5 Å². The van der Waals surface area contributed by atoms with Gasteiger partial charge in [0, 0.05) is 29.7 Å². The maximum absolute atomic E-state index is 12.7. The molecular weight excluding hydrogens is 443 g/mol. The van der Waals surface area contributed by atoms with Crippen LogP contribution < -0.4 is 4.90 Å². The standard InChI is InChI=1S/C19H17IN4O2/c20-15-5-2-1-4-14(15)19(25)24-11-9-23(10-12-24)18-8-7-16(21-22-18)17-6-3-13-26-17/h1-8,13H,9-12H2. The van der Waals surface area contributed by atoms with Crippen molar-refractivity contribution in [2.45, 2.75) is 0 Å². The van der Waals surface area contributed by atoms with Gasteiger partial charge in [0.15, 0.2) is 11.6 Å². The lowest BCUT2D eigenvalue weighted by Crippen LogP contribution is -2.49. The molecule has 1 saturated heterocycles. The van der Waals surface area contributed by atoms with Crippen molar-refractivity contribution in [3.8, 4) is 11.5 Å². The number of halogens is 1. The molecule has 0 atom stereocenters. The number of carbonyl (C=O) groups is 1. The molecule has 0 N–H and O–H groups in total. The van der Waals surface area contributed by atoms with E-state index in [2.05, 4.69) is 37.7 Å². The van der Waals surface area contributed by atoms with Gasteiger partial charge in [0.05, 0.1) is 11.8 Å². The third-order valence-electron chi connectivity index (χ3n) is 4.42. The lowest BCUT2D eigenvalue weighted by atomic mass is 10.2. The van der Waals surface area contributed by atoms with Crippen molar-refractivity contribution >= 4 is 34.3 Å². The molecule has 0 saturated carbocycles. The lowest BCUT2D eigenvalue weighted by molar-refractivity contribution is 0.0745. The van der Waals surface area contributed by atoms with Crippen LogP contribution in [0.1, 0.15) is 10.4 Å². The number of hydrogen-bond donors (Lipinski definition) is 0. The first-order chi connectivity index (χ1) is 12.7. The Labute approximate surface area is 165 Å². The van der Waals surface area contributed by atoms with Gasteiger partial charge in [-0.25, -0.2) is 0 Å². The molecule has 0 aliphatic carbocycles. The summed E-state index contributed by atoms with van der Waals surface area (Å²) in [5, 5.41) is 8.55. The van der Waals surface area contributed by atoms with Crippen molar-refractivity contribution in [2.24, 2.45) is 0 Å². The van der Waals surface area contributed by atoms with Crippen LogP contribution in [-0.4, -0.2) is 47.2 Å². The molecule has 2 aromatic heterocycles. The number of aromatic nitrogens is 2. The number of benzene rings is 1. The second-order valence-corrected chi connectivity index (χ2v) is 7.18. The van der Waals surface area contributed by atoms with Crippen molar-refractivity contribution in [1.29, 1.82) is 0 Å². The summed E-state index contributed by atoms with van der Waals surface area (Å²) in [5.74, 6) is 1.62. The summed E-state index contributed by atoms with van der Waals surface area (Å²) >= 11 is 2.21. The average Bonchev–Trinajstić information content (AvgIpc) is 3.23. The van der Waals surface area contributed by atoms with Gasteiger partial charge in [0.25, 0.3) is 5.91 Å². The van der Waals surface area contributed by atoms with E-state index in [4.69, 9.17) is 4.42 Å². The molecule has 1 amide bonds. The summed E-state index contributed by atoms with van der Waals surface area (Å²) in [6.07, 6.45) is 1.62. The topological polar surface area (TPSA) is 62.5 Å². The largest absolute Gasteiger partial charge is 0.463 e. The smallest absolute Gasteiger partial charge is 0.255 e. The minimum absolute atomic E-state index is 0.0916. The van der Waals surface area contributed by atoms with Crippen LogP contribution in [0.5, 0.6) is 0 Å². The van der Waals surface area contributed by atoms with Crippen molar-refractivity contribution in [2.75, 3.05) is 31.1 Å². The van der Waals surface area contributed by atoms with Gasteiger partial charge in [-0.15, -0.1) is 10.2 Å². The minimum atomic E-state index is 0.0916. The number of carbonyl (C=O) groups excluding carboxylic acids is 1. The fraction of sp³-hybridized carbons (Fsp3) is 0.211. The molecule has 0 radical (unpaired) electrons. The molecule has 0 spiro atoms. The first kappa shape index (κ1) is 17.0. The molecular formula is C19H17IN4O2. The second-order valence-electron chi connectivity index (χ2n) is 6.01. The average molecular weight is 460 g/mol. The van der Waals surface area contributed by atoms with Crippen LogP contribution in [0.4, 0.5) is 5.82 Å². The van der Waals surface area contributed by atoms with Crippen molar-refractivity contribution in [3.63, 3.8) is 0 Å². The van der Waals surface area contributed by atoms with Crippen LogP contribution in [0.25, 0.3) is 11.5 Å². The third kappa shape index (κ3) is 3.44. The highest BCUT2D eigenvalue weighted by Crippen LogP contribution is 2.20. The Morgan fingerprint density at radius 3 is 2.42 bits per heavy atom. The number of anilines is 1. The SMILES string of the molecule is O=C(c1ccccc1I)N1CCN(c2ccc(-c3ccco3)nn2)CC1. The van der Waals surface area contributed by atoms with E-state index in [1.807, 2.05) is 53.4 Å². The van der Waals surface area contributed by atoms with Gasteiger partial charge in [-0.3, -0.25) is 4.79 Å². The summed E-state index contributed by atoms with van der Waals surface area (Å²) in [7, 11) is 0. The molecule has 3 heterocycles. The summed E-state index contributed by atoms with van der Waals surface area (Å²) in [4.78, 5) is 16.8. The number of amides is 1. The number of nitrogens with zero attached hydrogens (tertiary/aromatic N) is 4. The quantitative estimate of drug-likeness (QED) is 0.562. The Bertz CT molecular complexity index is 888. The second kappa shape index (κ2) is 7.45. The zero-order valence-corrected chi connectivity index (χ0v) is 16.2. The van der Waals surface area contributed by atoms with E-state index in [1.54, 1.807) is 6.26 Å². The first-order valence-corrected chi connectivity index (χ1v) is 9.46. The highest BCUT2D eigenvalue weighted by atomic mass is 127. The van der Waals surface area contributed by atoms with E-state index < -0.39 is 0 Å². The fourth-order valence-corrected chi connectivity index (χ4v) is 3.61. The van der Waals surface area contributed by atoms with Crippen molar-refractivity contribution < 1.29 is 9.21 Å². The highest BCUT2D eigenvalue weighted by Gasteiger charge is 2.24. The van der Waals surface area contributed by atoms with Gasteiger partial charge in [-0.05, 0) is 59.0 Å². The van der Waals surface area contributed by atoms with Gasteiger partial charge in [0.2, 0.25) is 0 Å². The van der Waals surface area contributed by atoms with Gasteiger partial charge >= 0.3 is 0 Å². The zero-order valence-electron chi connectivity index (χ0n) is 14.0. The molecule has 6 nitrogen and oxygen atoms in total. The molecule has 3 aromatic rings.